The summed E-state index contributed by atoms with van der Waals surface area (Å²) in [6, 6.07) is 7.55. The van der Waals surface area contributed by atoms with Gasteiger partial charge in [-0.2, -0.15) is 4.31 Å². The van der Waals surface area contributed by atoms with Gasteiger partial charge in [-0.1, -0.05) is 27.7 Å². The van der Waals surface area contributed by atoms with Crippen molar-refractivity contribution >= 4 is 21.0 Å². The fourth-order valence-corrected chi connectivity index (χ4v) is 5.81. The topological polar surface area (TPSA) is 67.6 Å². The second-order valence-corrected chi connectivity index (χ2v) is 10.2. The van der Waals surface area contributed by atoms with Crippen molar-refractivity contribution in [3.63, 3.8) is 0 Å². The molecule has 1 aliphatic rings. The van der Waals surface area contributed by atoms with Crippen LogP contribution in [0, 0.1) is 10.8 Å². The molecule has 5 nitrogen and oxygen atoms in total. The average Bonchev–Trinajstić information content (AvgIpc) is 2.52. The van der Waals surface area contributed by atoms with Crippen molar-refractivity contribution in [2.24, 2.45) is 10.8 Å². The molecule has 136 valence electrons. The lowest BCUT2D eigenvalue weighted by atomic mass is 9.69. The maximum Gasteiger partial charge on any atom is 0.336 e. The number of benzene rings is 1. The largest absolute Gasteiger partial charge is 0.423 e. The summed E-state index contributed by atoms with van der Waals surface area (Å²) in [5.74, 6) is 0. The Morgan fingerprint density at radius 1 is 1.12 bits per heavy atom. The number of sulfonamides is 1. The summed E-state index contributed by atoms with van der Waals surface area (Å²) in [7, 11) is -3.60. The van der Waals surface area contributed by atoms with Crippen molar-refractivity contribution in [3.05, 3.63) is 40.8 Å². The number of hydrogen-bond acceptors (Lipinski definition) is 4. The highest BCUT2D eigenvalue weighted by Gasteiger charge is 2.43. The predicted octanol–water partition coefficient (Wildman–Crippen LogP) is 3.63. The monoisotopic (exact) mass is 363 g/mol. The minimum Gasteiger partial charge on any atom is -0.423 e. The fourth-order valence-electron chi connectivity index (χ4n) is 3.99. The third-order valence-corrected chi connectivity index (χ3v) is 6.94. The number of rotatable bonds is 3. The number of hydrogen-bond donors (Lipinski definition) is 0. The Morgan fingerprint density at radius 3 is 2.52 bits per heavy atom. The SMILES string of the molecule is CCC1(C)CN(S(=O)(=O)c2ccc3oc(=O)ccc3c2)CC(C)(C)C1. The molecule has 2 aromatic rings. The van der Waals surface area contributed by atoms with Crippen LogP contribution >= 0.6 is 0 Å². The third-order valence-electron chi connectivity index (χ3n) is 5.15. The molecule has 0 amide bonds. The van der Waals surface area contributed by atoms with E-state index in [9.17, 15) is 13.2 Å². The number of fused-ring (bicyclic) bond motifs is 1. The van der Waals surface area contributed by atoms with E-state index in [-0.39, 0.29) is 15.7 Å². The Bertz CT molecular complexity index is 961. The molecule has 0 saturated carbocycles. The van der Waals surface area contributed by atoms with E-state index in [0.29, 0.717) is 24.1 Å². The smallest absolute Gasteiger partial charge is 0.336 e. The first-order chi connectivity index (χ1) is 11.5. The first kappa shape index (κ1) is 18.1. The van der Waals surface area contributed by atoms with Crippen molar-refractivity contribution in [1.82, 2.24) is 4.31 Å². The van der Waals surface area contributed by atoms with E-state index in [1.54, 1.807) is 22.5 Å². The third kappa shape index (κ3) is 3.51. The van der Waals surface area contributed by atoms with E-state index in [2.05, 4.69) is 27.7 Å². The Hall–Kier alpha value is -1.66. The molecule has 1 saturated heterocycles. The molecule has 0 bridgehead atoms. The van der Waals surface area contributed by atoms with Gasteiger partial charge >= 0.3 is 5.63 Å². The summed E-state index contributed by atoms with van der Waals surface area (Å²) in [6.07, 6.45) is 1.94. The van der Waals surface area contributed by atoms with E-state index >= 15 is 0 Å². The van der Waals surface area contributed by atoms with Gasteiger partial charge in [0, 0.05) is 24.5 Å². The van der Waals surface area contributed by atoms with Crippen molar-refractivity contribution in [2.75, 3.05) is 13.1 Å². The Balaban J connectivity index is 2.03. The minimum absolute atomic E-state index is 0.0293. The highest BCUT2D eigenvalue weighted by atomic mass is 32.2. The maximum atomic E-state index is 13.2. The molecule has 0 N–H and O–H groups in total. The molecule has 1 aromatic carbocycles. The van der Waals surface area contributed by atoms with Crippen LogP contribution in [0.15, 0.2) is 44.4 Å². The van der Waals surface area contributed by atoms with Crippen LogP contribution in [0.1, 0.15) is 40.5 Å². The molecular formula is C19H25NO4S. The lowest BCUT2D eigenvalue weighted by molar-refractivity contribution is 0.0608. The first-order valence-electron chi connectivity index (χ1n) is 8.59. The van der Waals surface area contributed by atoms with Gasteiger partial charge in [0.25, 0.3) is 0 Å². The quantitative estimate of drug-likeness (QED) is 0.781. The standard InChI is InChI=1S/C19H25NO4S/c1-5-19(4)11-18(2,3)12-20(13-19)25(22,23)15-7-8-16-14(10-15)6-9-17(21)24-16/h6-10H,5,11-13H2,1-4H3. The normalized spacial score (nSPS) is 24.5. The summed E-state index contributed by atoms with van der Waals surface area (Å²) in [5.41, 5.74) is -0.151. The molecule has 0 spiro atoms. The van der Waals surface area contributed by atoms with Gasteiger partial charge in [0.15, 0.2) is 0 Å². The van der Waals surface area contributed by atoms with Crippen LogP contribution in [-0.2, 0) is 10.0 Å². The molecule has 1 fully saturated rings. The fraction of sp³-hybridized carbons (Fsp3) is 0.526. The van der Waals surface area contributed by atoms with Crippen molar-refractivity contribution in [1.29, 1.82) is 0 Å². The minimum atomic E-state index is -3.60. The van der Waals surface area contributed by atoms with Gasteiger partial charge in [0.2, 0.25) is 10.0 Å². The van der Waals surface area contributed by atoms with E-state index in [0.717, 1.165) is 12.8 Å². The zero-order chi connectivity index (χ0) is 18.5. The van der Waals surface area contributed by atoms with Crippen LogP contribution < -0.4 is 5.63 Å². The molecule has 2 heterocycles. The van der Waals surface area contributed by atoms with E-state index in [4.69, 9.17) is 4.42 Å². The highest BCUT2D eigenvalue weighted by Crippen LogP contribution is 2.43. The molecule has 6 heteroatoms. The van der Waals surface area contributed by atoms with Gasteiger partial charge in [-0.25, -0.2) is 13.2 Å². The molecule has 1 aromatic heterocycles. The van der Waals surface area contributed by atoms with Crippen molar-refractivity contribution in [3.8, 4) is 0 Å². The predicted molar refractivity (Wildman–Crippen MR) is 98.0 cm³/mol. The van der Waals surface area contributed by atoms with Gasteiger partial charge in [0.1, 0.15) is 5.58 Å². The zero-order valence-electron chi connectivity index (χ0n) is 15.2. The van der Waals surface area contributed by atoms with E-state index in [1.807, 2.05) is 0 Å². The molecule has 1 aliphatic heterocycles. The second kappa shape index (κ2) is 5.95. The molecule has 1 unspecified atom stereocenters. The van der Waals surface area contributed by atoms with Crippen LogP contribution in [0.25, 0.3) is 11.0 Å². The molecule has 3 rings (SSSR count). The van der Waals surface area contributed by atoms with Crippen LogP contribution in [0.3, 0.4) is 0 Å². The van der Waals surface area contributed by atoms with Crippen LogP contribution in [0.4, 0.5) is 0 Å². The van der Waals surface area contributed by atoms with E-state index < -0.39 is 15.6 Å². The van der Waals surface area contributed by atoms with Gasteiger partial charge in [0.05, 0.1) is 4.90 Å². The summed E-state index contributed by atoms with van der Waals surface area (Å²) >= 11 is 0. The Labute approximate surface area is 148 Å². The Morgan fingerprint density at radius 2 is 1.84 bits per heavy atom. The summed E-state index contributed by atoms with van der Waals surface area (Å²) < 4.78 is 33.2. The molecule has 0 radical (unpaired) electrons. The first-order valence-corrected chi connectivity index (χ1v) is 10.0. The van der Waals surface area contributed by atoms with Gasteiger partial charge in [-0.05, 0) is 47.9 Å². The number of piperidine rings is 1. The summed E-state index contributed by atoms with van der Waals surface area (Å²) in [5, 5.41) is 0.607. The van der Waals surface area contributed by atoms with Gasteiger partial charge in [-0.15, -0.1) is 0 Å². The lowest BCUT2D eigenvalue weighted by Crippen LogP contribution is -2.51. The Kier molecular flexibility index (Phi) is 4.32. The van der Waals surface area contributed by atoms with Crippen molar-refractivity contribution in [2.45, 2.75) is 45.4 Å². The number of nitrogens with zero attached hydrogens (tertiary/aromatic N) is 1. The van der Waals surface area contributed by atoms with Crippen molar-refractivity contribution < 1.29 is 12.8 Å². The van der Waals surface area contributed by atoms with Crippen LogP contribution in [-0.4, -0.2) is 25.8 Å². The van der Waals surface area contributed by atoms with Gasteiger partial charge in [-0.3, -0.25) is 0 Å². The average molecular weight is 363 g/mol. The maximum absolute atomic E-state index is 13.2. The zero-order valence-corrected chi connectivity index (χ0v) is 16.0. The summed E-state index contributed by atoms with van der Waals surface area (Å²) in [4.78, 5) is 11.5. The molecular weight excluding hydrogens is 338 g/mol. The lowest BCUT2D eigenvalue weighted by Gasteiger charge is -2.47. The van der Waals surface area contributed by atoms with E-state index in [1.165, 1.54) is 12.1 Å². The van der Waals surface area contributed by atoms with Crippen LogP contribution in [0.5, 0.6) is 0 Å². The van der Waals surface area contributed by atoms with Gasteiger partial charge < -0.3 is 4.42 Å². The molecule has 25 heavy (non-hydrogen) atoms. The van der Waals surface area contributed by atoms with Crippen LogP contribution in [0.2, 0.25) is 0 Å². The highest BCUT2D eigenvalue weighted by molar-refractivity contribution is 7.89. The molecule has 1 atom stereocenters. The summed E-state index contributed by atoms with van der Waals surface area (Å²) in [6.45, 7) is 9.55. The second-order valence-electron chi connectivity index (χ2n) is 8.23. The molecule has 0 aliphatic carbocycles.